The van der Waals surface area contributed by atoms with Crippen molar-refractivity contribution in [3.05, 3.63) is 66.0 Å². The minimum Gasteiger partial charge on any atom is -0.320 e. The molecule has 2 heterocycles. The Balaban J connectivity index is 2.15. The summed E-state index contributed by atoms with van der Waals surface area (Å²) in [4.78, 5) is 2.65. The Morgan fingerprint density at radius 3 is 2.39 bits per heavy atom. The van der Waals surface area contributed by atoms with Crippen molar-refractivity contribution in [2.45, 2.75) is 23.6 Å². The predicted octanol–water partition coefficient (Wildman–Crippen LogP) is 4.71. The zero-order valence-corrected chi connectivity index (χ0v) is 11.4. The third kappa shape index (κ3) is 1.83. The molecule has 0 bridgehead atoms. The molecule has 0 amide bonds. The summed E-state index contributed by atoms with van der Waals surface area (Å²) in [7, 11) is 0. The molecule has 1 nitrogen and oxygen atoms in total. The van der Waals surface area contributed by atoms with E-state index in [2.05, 4.69) is 73.0 Å². The lowest BCUT2D eigenvalue weighted by Gasteiger charge is -2.01. The molecule has 0 aliphatic rings. The van der Waals surface area contributed by atoms with E-state index in [0.717, 1.165) is 0 Å². The summed E-state index contributed by atoms with van der Waals surface area (Å²) in [5.41, 5.74) is 3.99. The molecular formula is C16H15NS. The van der Waals surface area contributed by atoms with Gasteiger partial charge >= 0.3 is 0 Å². The van der Waals surface area contributed by atoms with Gasteiger partial charge in [0.25, 0.3) is 0 Å². The molecule has 0 N–H and O–H groups in total. The quantitative estimate of drug-likeness (QED) is 0.640. The van der Waals surface area contributed by atoms with Crippen LogP contribution in [0.25, 0.3) is 5.52 Å². The molecule has 0 radical (unpaired) electrons. The van der Waals surface area contributed by atoms with Gasteiger partial charge in [0, 0.05) is 21.7 Å². The lowest BCUT2D eigenvalue weighted by Crippen LogP contribution is -1.84. The Hall–Kier alpha value is -1.67. The van der Waals surface area contributed by atoms with Crippen LogP contribution in [-0.4, -0.2) is 4.40 Å². The van der Waals surface area contributed by atoms with Crippen LogP contribution < -0.4 is 0 Å². The highest BCUT2D eigenvalue weighted by Gasteiger charge is 2.12. The van der Waals surface area contributed by atoms with Crippen molar-refractivity contribution in [2.75, 3.05) is 0 Å². The van der Waals surface area contributed by atoms with Crippen LogP contribution in [0.5, 0.6) is 0 Å². The van der Waals surface area contributed by atoms with Gasteiger partial charge in [0.2, 0.25) is 0 Å². The van der Waals surface area contributed by atoms with Gasteiger partial charge in [0.05, 0.1) is 5.52 Å². The number of pyridine rings is 1. The molecule has 0 aliphatic heterocycles. The predicted molar refractivity (Wildman–Crippen MR) is 77.4 cm³/mol. The fraction of sp³-hybridized carbons (Fsp3) is 0.125. The first-order valence-corrected chi connectivity index (χ1v) is 6.88. The van der Waals surface area contributed by atoms with E-state index in [-0.39, 0.29) is 0 Å². The SMILES string of the molecule is Cc1c(Sc2ccccc2)c2ccccn2c1C. The monoisotopic (exact) mass is 253 g/mol. The number of rotatable bonds is 2. The van der Waals surface area contributed by atoms with E-state index in [0.29, 0.717) is 0 Å². The van der Waals surface area contributed by atoms with E-state index >= 15 is 0 Å². The van der Waals surface area contributed by atoms with Crippen molar-refractivity contribution in [3.63, 3.8) is 0 Å². The summed E-state index contributed by atoms with van der Waals surface area (Å²) in [6, 6.07) is 16.9. The van der Waals surface area contributed by atoms with Gasteiger partial charge in [-0.15, -0.1) is 0 Å². The normalized spacial score (nSPS) is 11.0. The van der Waals surface area contributed by atoms with Gasteiger partial charge in [0.15, 0.2) is 0 Å². The second-order valence-electron chi connectivity index (χ2n) is 4.41. The van der Waals surface area contributed by atoms with Gasteiger partial charge in [-0.1, -0.05) is 36.0 Å². The van der Waals surface area contributed by atoms with Gasteiger partial charge in [-0.3, -0.25) is 0 Å². The van der Waals surface area contributed by atoms with Crippen molar-refractivity contribution in [2.24, 2.45) is 0 Å². The molecule has 3 rings (SSSR count). The minimum absolute atomic E-state index is 1.29. The molecule has 0 saturated heterocycles. The zero-order valence-electron chi connectivity index (χ0n) is 10.6. The molecule has 2 aromatic heterocycles. The second-order valence-corrected chi connectivity index (χ2v) is 5.49. The van der Waals surface area contributed by atoms with Gasteiger partial charge in [0.1, 0.15) is 0 Å². The maximum atomic E-state index is 2.26. The van der Waals surface area contributed by atoms with Crippen LogP contribution in [0.15, 0.2) is 64.5 Å². The van der Waals surface area contributed by atoms with E-state index in [4.69, 9.17) is 0 Å². The van der Waals surface area contributed by atoms with Gasteiger partial charge in [-0.05, 0) is 43.7 Å². The number of aryl methyl sites for hydroxylation is 1. The number of benzene rings is 1. The van der Waals surface area contributed by atoms with E-state index in [1.807, 2.05) is 11.8 Å². The van der Waals surface area contributed by atoms with Crippen LogP contribution in [0, 0.1) is 13.8 Å². The highest BCUT2D eigenvalue weighted by molar-refractivity contribution is 7.99. The largest absolute Gasteiger partial charge is 0.320 e. The average molecular weight is 253 g/mol. The third-order valence-corrected chi connectivity index (χ3v) is 4.53. The number of nitrogens with zero attached hydrogens (tertiary/aromatic N) is 1. The molecule has 0 unspecified atom stereocenters. The lowest BCUT2D eigenvalue weighted by molar-refractivity contribution is 1.09. The molecule has 0 saturated carbocycles. The Morgan fingerprint density at radius 2 is 1.61 bits per heavy atom. The maximum Gasteiger partial charge on any atom is 0.0595 e. The molecule has 0 spiro atoms. The van der Waals surface area contributed by atoms with Crippen molar-refractivity contribution in [3.8, 4) is 0 Å². The number of aromatic nitrogens is 1. The average Bonchev–Trinajstić information content (AvgIpc) is 2.66. The highest BCUT2D eigenvalue weighted by Crippen LogP contribution is 2.36. The zero-order chi connectivity index (χ0) is 12.5. The molecule has 2 heteroatoms. The summed E-state index contributed by atoms with van der Waals surface area (Å²) in [5, 5.41) is 0. The summed E-state index contributed by atoms with van der Waals surface area (Å²) in [6.45, 7) is 4.38. The van der Waals surface area contributed by atoms with Crippen molar-refractivity contribution in [1.29, 1.82) is 0 Å². The molecule has 0 atom stereocenters. The first-order chi connectivity index (χ1) is 8.77. The van der Waals surface area contributed by atoms with Crippen LogP contribution in [0.2, 0.25) is 0 Å². The molecule has 1 aromatic carbocycles. The minimum atomic E-state index is 1.29. The fourth-order valence-electron chi connectivity index (χ4n) is 2.19. The first kappa shape index (κ1) is 11.4. The van der Waals surface area contributed by atoms with E-state index in [9.17, 15) is 0 Å². The van der Waals surface area contributed by atoms with Gasteiger partial charge < -0.3 is 4.40 Å². The van der Waals surface area contributed by atoms with E-state index in [1.54, 1.807) is 0 Å². The van der Waals surface area contributed by atoms with Crippen LogP contribution in [0.4, 0.5) is 0 Å². The molecule has 0 fully saturated rings. The fourth-order valence-corrected chi connectivity index (χ4v) is 3.29. The summed E-state index contributed by atoms with van der Waals surface area (Å²) in [6.07, 6.45) is 2.13. The highest BCUT2D eigenvalue weighted by atomic mass is 32.2. The first-order valence-electron chi connectivity index (χ1n) is 6.06. The van der Waals surface area contributed by atoms with Crippen molar-refractivity contribution >= 4 is 17.3 Å². The number of fused-ring (bicyclic) bond motifs is 1. The summed E-state index contributed by atoms with van der Waals surface area (Å²) in [5.74, 6) is 0. The van der Waals surface area contributed by atoms with E-state index in [1.165, 1.54) is 26.6 Å². The number of hydrogen-bond acceptors (Lipinski definition) is 1. The van der Waals surface area contributed by atoms with Crippen molar-refractivity contribution in [1.82, 2.24) is 4.40 Å². The lowest BCUT2D eigenvalue weighted by atomic mass is 10.3. The molecule has 18 heavy (non-hydrogen) atoms. The summed E-state index contributed by atoms with van der Waals surface area (Å²) >= 11 is 1.84. The van der Waals surface area contributed by atoms with E-state index < -0.39 is 0 Å². The molecule has 3 aromatic rings. The van der Waals surface area contributed by atoms with Crippen LogP contribution in [0.3, 0.4) is 0 Å². The Bertz CT molecular complexity index is 683. The van der Waals surface area contributed by atoms with Crippen LogP contribution in [0.1, 0.15) is 11.3 Å². The van der Waals surface area contributed by atoms with Gasteiger partial charge in [-0.2, -0.15) is 0 Å². The van der Waals surface area contributed by atoms with Crippen molar-refractivity contribution < 1.29 is 0 Å². The summed E-state index contributed by atoms with van der Waals surface area (Å²) < 4.78 is 2.26. The molecular weight excluding hydrogens is 238 g/mol. The maximum absolute atomic E-state index is 2.26. The van der Waals surface area contributed by atoms with Crippen LogP contribution >= 0.6 is 11.8 Å². The third-order valence-electron chi connectivity index (χ3n) is 3.30. The number of hydrogen-bond donors (Lipinski definition) is 0. The van der Waals surface area contributed by atoms with Crippen LogP contribution in [-0.2, 0) is 0 Å². The Kier molecular flexibility index (Phi) is 2.88. The smallest absolute Gasteiger partial charge is 0.0595 e. The Morgan fingerprint density at radius 1 is 0.889 bits per heavy atom. The standard InChI is InChI=1S/C16H15NS/c1-12-13(2)17-11-7-6-10-15(17)16(12)18-14-8-4-3-5-9-14/h3-11H,1-2H3. The molecule has 90 valence electrons. The Labute approximate surface area is 111 Å². The molecule has 0 aliphatic carbocycles. The second kappa shape index (κ2) is 4.54. The topological polar surface area (TPSA) is 4.41 Å². The van der Waals surface area contributed by atoms with Gasteiger partial charge in [-0.25, -0.2) is 0 Å².